The van der Waals surface area contributed by atoms with E-state index in [0.29, 0.717) is 35.4 Å². The van der Waals surface area contributed by atoms with Crippen molar-refractivity contribution in [3.8, 4) is 5.88 Å². The van der Waals surface area contributed by atoms with Crippen molar-refractivity contribution in [2.75, 3.05) is 23.9 Å². The first-order valence-electron chi connectivity index (χ1n) is 7.21. The van der Waals surface area contributed by atoms with E-state index in [1.54, 1.807) is 28.6 Å². The van der Waals surface area contributed by atoms with Crippen molar-refractivity contribution in [1.29, 1.82) is 0 Å². The largest absolute Gasteiger partial charge is 0.480 e. The van der Waals surface area contributed by atoms with Gasteiger partial charge in [0, 0.05) is 24.5 Å². The van der Waals surface area contributed by atoms with E-state index in [-0.39, 0.29) is 18.2 Å². The topological polar surface area (TPSA) is 84.4 Å². The number of carbonyl (C=O) groups is 2. The first kappa shape index (κ1) is 15.4. The van der Waals surface area contributed by atoms with Crippen molar-refractivity contribution in [2.45, 2.75) is 19.3 Å². The first-order valence-corrected chi connectivity index (χ1v) is 8.09. The molecule has 1 aliphatic heterocycles. The standard InChI is InChI=1S/C15H16N4O3S/c1-22-14-11(4-2-6-16-14)18-12(20)8-10-9-23-15(17-10)19-7-3-5-13(19)21/h2,4,6,9H,3,5,7-8H2,1H3,(H,18,20). The lowest BCUT2D eigenvalue weighted by Crippen LogP contribution is -2.23. The molecule has 1 N–H and O–H groups in total. The van der Waals surface area contributed by atoms with Gasteiger partial charge in [-0.15, -0.1) is 11.3 Å². The van der Waals surface area contributed by atoms with E-state index in [1.807, 2.05) is 0 Å². The Morgan fingerprint density at radius 2 is 2.39 bits per heavy atom. The highest BCUT2D eigenvalue weighted by Gasteiger charge is 2.24. The maximum absolute atomic E-state index is 12.1. The third kappa shape index (κ3) is 3.48. The predicted octanol–water partition coefficient (Wildman–Crippen LogP) is 1.85. The van der Waals surface area contributed by atoms with Crippen LogP contribution in [0.15, 0.2) is 23.7 Å². The van der Waals surface area contributed by atoms with Crippen LogP contribution in [0.4, 0.5) is 10.8 Å². The second-order valence-electron chi connectivity index (χ2n) is 5.06. The Kier molecular flexibility index (Phi) is 4.52. The lowest BCUT2D eigenvalue weighted by Gasteiger charge is -2.10. The van der Waals surface area contributed by atoms with Crippen molar-refractivity contribution in [3.63, 3.8) is 0 Å². The van der Waals surface area contributed by atoms with Gasteiger partial charge in [-0.2, -0.15) is 0 Å². The van der Waals surface area contributed by atoms with Crippen molar-refractivity contribution >= 4 is 34.0 Å². The van der Waals surface area contributed by atoms with Crippen LogP contribution in [0.1, 0.15) is 18.5 Å². The minimum atomic E-state index is -0.208. The highest BCUT2D eigenvalue weighted by Crippen LogP contribution is 2.26. The Balaban J connectivity index is 1.64. The van der Waals surface area contributed by atoms with E-state index < -0.39 is 0 Å². The molecule has 0 bridgehead atoms. The van der Waals surface area contributed by atoms with Crippen LogP contribution < -0.4 is 15.0 Å². The molecule has 120 valence electrons. The maximum atomic E-state index is 12.1. The second kappa shape index (κ2) is 6.74. The van der Waals surface area contributed by atoms with E-state index in [1.165, 1.54) is 18.4 Å². The molecule has 8 heteroatoms. The molecule has 0 radical (unpaired) electrons. The molecule has 0 aliphatic carbocycles. The normalized spacial score (nSPS) is 14.1. The molecule has 0 saturated carbocycles. The van der Waals surface area contributed by atoms with Gasteiger partial charge in [0.25, 0.3) is 0 Å². The summed E-state index contributed by atoms with van der Waals surface area (Å²) >= 11 is 1.38. The second-order valence-corrected chi connectivity index (χ2v) is 5.89. The zero-order chi connectivity index (χ0) is 16.2. The molecule has 0 spiro atoms. The van der Waals surface area contributed by atoms with Crippen molar-refractivity contribution in [3.05, 3.63) is 29.4 Å². The summed E-state index contributed by atoms with van der Waals surface area (Å²) in [6.07, 6.45) is 3.15. The van der Waals surface area contributed by atoms with E-state index in [9.17, 15) is 9.59 Å². The van der Waals surface area contributed by atoms with Crippen molar-refractivity contribution in [1.82, 2.24) is 9.97 Å². The molecule has 2 aromatic rings. The lowest BCUT2D eigenvalue weighted by molar-refractivity contribution is -0.117. The Bertz CT molecular complexity index is 731. The molecule has 0 atom stereocenters. The van der Waals surface area contributed by atoms with Crippen LogP contribution >= 0.6 is 11.3 Å². The highest BCUT2D eigenvalue weighted by atomic mass is 32.1. The number of pyridine rings is 1. The summed E-state index contributed by atoms with van der Waals surface area (Å²) in [6.45, 7) is 0.699. The predicted molar refractivity (Wildman–Crippen MR) is 86.8 cm³/mol. The number of nitrogens with one attached hydrogen (secondary N) is 1. The maximum Gasteiger partial charge on any atom is 0.237 e. The smallest absolute Gasteiger partial charge is 0.237 e. The molecule has 2 aromatic heterocycles. The number of hydrogen-bond donors (Lipinski definition) is 1. The molecular weight excluding hydrogens is 316 g/mol. The minimum Gasteiger partial charge on any atom is -0.480 e. The van der Waals surface area contributed by atoms with Crippen LogP contribution in [0, 0.1) is 0 Å². The fourth-order valence-electron chi connectivity index (χ4n) is 2.36. The lowest BCUT2D eigenvalue weighted by atomic mass is 10.3. The van der Waals surface area contributed by atoms with Gasteiger partial charge in [-0.1, -0.05) is 0 Å². The number of nitrogens with zero attached hydrogens (tertiary/aromatic N) is 3. The van der Waals surface area contributed by atoms with E-state index in [0.717, 1.165) is 6.42 Å². The Morgan fingerprint density at radius 1 is 1.52 bits per heavy atom. The molecule has 3 rings (SSSR count). The molecule has 0 aromatic carbocycles. The van der Waals surface area contributed by atoms with Gasteiger partial charge in [0.15, 0.2) is 5.13 Å². The molecule has 7 nitrogen and oxygen atoms in total. The Labute approximate surface area is 137 Å². The van der Waals surface area contributed by atoms with Gasteiger partial charge in [-0.05, 0) is 18.6 Å². The summed E-state index contributed by atoms with van der Waals surface area (Å²) in [5.41, 5.74) is 1.16. The van der Waals surface area contributed by atoms with Gasteiger partial charge in [0.2, 0.25) is 17.7 Å². The zero-order valence-corrected chi connectivity index (χ0v) is 13.4. The summed E-state index contributed by atoms with van der Waals surface area (Å²) in [7, 11) is 1.50. The molecule has 0 unspecified atom stereocenters. The number of carbonyl (C=O) groups excluding carboxylic acids is 2. The van der Waals surface area contributed by atoms with Gasteiger partial charge >= 0.3 is 0 Å². The molecule has 2 amide bonds. The fraction of sp³-hybridized carbons (Fsp3) is 0.333. The summed E-state index contributed by atoms with van der Waals surface area (Å²) in [6, 6.07) is 3.44. The van der Waals surface area contributed by atoms with Crippen molar-refractivity contribution in [2.24, 2.45) is 0 Å². The Hall–Kier alpha value is -2.48. The average molecular weight is 332 g/mol. The van der Waals surface area contributed by atoms with Gasteiger partial charge in [-0.25, -0.2) is 9.97 Å². The summed E-state index contributed by atoms with van der Waals surface area (Å²) in [5, 5.41) is 5.22. The van der Waals surface area contributed by atoms with Crippen LogP contribution in [0.5, 0.6) is 5.88 Å². The number of aromatic nitrogens is 2. The number of ether oxygens (including phenoxy) is 1. The number of thiazole rings is 1. The SMILES string of the molecule is COc1ncccc1NC(=O)Cc1csc(N2CCCC2=O)n1. The molecule has 23 heavy (non-hydrogen) atoms. The van der Waals surface area contributed by atoms with Crippen LogP contribution in [-0.2, 0) is 16.0 Å². The molecule has 1 fully saturated rings. The number of hydrogen-bond acceptors (Lipinski definition) is 6. The van der Waals surface area contributed by atoms with Crippen LogP contribution in [0.2, 0.25) is 0 Å². The number of rotatable bonds is 5. The quantitative estimate of drug-likeness (QED) is 0.903. The highest BCUT2D eigenvalue weighted by molar-refractivity contribution is 7.14. The molecule has 1 saturated heterocycles. The van der Waals surface area contributed by atoms with Gasteiger partial charge in [0.1, 0.15) is 5.69 Å². The van der Waals surface area contributed by atoms with Crippen LogP contribution in [0.25, 0.3) is 0 Å². The Morgan fingerprint density at radius 3 is 3.13 bits per heavy atom. The first-order chi connectivity index (χ1) is 11.2. The molecular formula is C15H16N4O3S. The van der Waals surface area contributed by atoms with Crippen molar-refractivity contribution < 1.29 is 14.3 Å². The van der Waals surface area contributed by atoms with E-state index in [4.69, 9.17) is 4.74 Å². The molecule has 1 aliphatic rings. The monoisotopic (exact) mass is 332 g/mol. The summed E-state index contributed by atoms with van der Waals surface area (Å²) in [5.74, 6) is 0.249. The fourth-order valence-corrected chi connectivity index (χ4v) is 3.23. The average Bonchev–Trinajstić information content (AvgIpc) is 3.16. The third-order valence-electron chi connectivity index (χ3n) is 3.42. The summed E-state index contributed by atoms with van der Waals surface area (Å²) < 4.78 is 5.10. The molecule has 3 heterocycles. The number of methoxy groups -OCH3 is 1. The number of anilines is 2. The van der Waals surface area contributed by atoms with E-state index in [2.05, 4.69) is 15.3 Å². The van der Waals surface area contributed by atoms with Gasteiger partial charge in [-0.3, -0.25) is 14.5 Å². The third-order valence-corrected chi connectivity index (χ3v) is 4.34. The van der Waals surface area contributed by atoms with E-state index >= 15 is 0 Å². The number of amides is 2. The zero-order valence-electron chi connectivity index (χ0n) is 12.6. The van der Waals surface area contributed by atoms with Crippen LogP contribution in [0.3, 0.4) is 0 Å². The van der Waals surface area contributed by atoms with Gasteiger partial charge in [0.05, 0.1) is 19.2 Å². The van der Waals surface area contributed by atoms with Gasteiger partial charge < -0.3 is 10.1 Å². The summed E-state index contributed by atoms with van der Waals surface area (Å²) in [4.78, 5) is 33.9. The van der Waals surface area contributed by atoms with Crippen LogP contribution in [-0.4, -0.2) is 35.4 Å². The minimum absolute atomic E-state index is 0.0930.